The summed E-state index contributed by atoms with van der Waals surface area (Å²) in [5.41, 5.74) is 5.55. The van der Waals surface area contributed by atoms with Gasteiger partial charge in [0.25, 0.3) is 0 Å². The molecule has 0 aliphatic carbocycles. The summed E-state index contributed by atoms with van der Waals surface area (Å²) in [4.78, 5) is 17.2. The summed E-state index contributed by atoms with van der Waals surface area (Å²) in [7, 11) is 0. The fourth-order valence-corrected chi connectivity index (χ4v) is 2.25. The zero-order valence-corrected chi connectivity index (χ0v) is 9.21. The number of carbonyl (C=O) groups is 1. The lowest BCUT2D eigenvalue weighted by atomic mass is 9.88. The molecule has 2 amide bonds. The molecule has 0 aromatic carbocycles. The highest BCUT2D eigenvalue weighted by Crippen LogP contribution is 2.31. The molecule has 4 heteroatoms. The SMILES string of the molecule is CCCC1(CC)C(N)=NC(=O)N1CC. The second-order valence-electron chi connectivity index (χ2n) is 3.66. The van der Waals surface area contributed by atoms with Crippen molar-refractivity contribution in [3.05, 3.63) is 0 Å². The summed E-state index contributed by atoms with van der Waals surface area (Å²) in [6.45, 7) is 6.80. The first-order valence-electron chi connectivity index (χ1n) is 5.28. The molecule has 1 rings (SSSR count). The number of nitrogens with two attached hydrogens (primary N) is 1. The lowest BCUT2D eigenvalue weighted by molar-refractivity contribution is 0.166. The topological polar surface area (TPSA) is 58.7 Å². The molecule has 1 aliphatic rings. The zero-order chi connectivity index (χ0) is 10.8. The monoisotopic (exact) mass is 197 g/mol. The van der Waals surface area contributed by atoms with Gasteiger partial charge >= 0.3 is 6.03 Å². The Morgan fingerprint density at radius 1 is 1.43 bits per heavy atom. The molecule has 0 spiro atoms. The summed E-state index contributed by atoms with van der Waals surface area (Å²) in [5, 5.41) is 0. The summed E-state index contributed by atoms with van der Waals surface area (Å²) >= 11 is 0. The molecule has 0 saturated heterocycles. The molecule has 1 heterocycles. The molecule has 80 valence electrons. The van der Waals surface area contributed by atoms with Gasteiger partial charge in [-0.1, -0.05) is 20.3 Å². The van der Waals surface area contributed by atoms with Crippen LogP contribution in [0.25, 0.3) is 0 Å². The molecule has 0 saturated carbocycles. The Bertz CT molecular complexity index is 262. The molecule has 4 nitrogen and oxygen atoms in total. The summed E-state index contributed by atoms with van der Waals surface area (Å²) in [6, 6.07) is -0.180. The summed E-state index contributed by atoms with van der Waals surface area (Å²) < 4.78 is 0. The van der Waals surface area contributed by atoms with Gasteiger partial charge in [-0.2, -0.15) is 4.99 Å². The first-order valence-corrected chi connectivity index (χ1v) is 5.28. The van der Waals surface area contributed by atoms with E-state index in [0.717, 1.165) is 19.3 Å². The Labute approximate surface area is 85.2 Å². The van der Waals surface area contributed by atoms with Gasteiger partial charge in [-0.3, -0.25) is 0 Å². The Balaban J connectivity index is 3.02. The number of likely N-dealkylation sites (N-methyl/N-ethyl adjacent to an activating group) is 1. The van der Waals surface area contributed by atoms with Gasteiger partial charge in [0.2, 0.25) is 0 Å². The second-order valence-corrected chi connectivity index (χ2v) is 3.66. The van der Waals surface area contributed by atoms with Crippen LogP contribution in [0.15, 0.2) is 4.99 Å². The number of aliphatic imine (C=N–C) groups is 1. The summed E-state index contributed by atoms with van der Waals surface area (Å²) in [6.07, 6.45) is 2.75. The van der Waals surface area contributed by atoms with Gasteiger partial charge < -0.3 is 10.6 Å². The highest BCUT2D eigenvalue weighted by atomic mass is 16.2. The van der Waals surface area contributed by atoms with E-state index in [1.807, 2.05) is 6.92 Å². The van der Waals surface area contributed by atoms with Crippen LogP contribution in [0, 0.1) is 0 Å². The second kappa shape index (κ2) is 3.98. The molecule has 0 fully saturated rings. The average molecular weight is 197 g/mol. The Hall–Kier alpha value is -1.06. The quantitative estimate of drug-likeness (QED) is 0.746. The molecule has 2 N–H and O–H groups in total. The van der Waals surface area contributed by atoms with Crippen molar-refractivity contribution < 1.29 is 4.79 Å². The summed E-state index contributed by atoms with van der Waals surface area (Å²) in [5.74, 6) is 0.494. The van der Waals surface area contributed by atoms with E-state index < -0.39 is 0 Å². The van der Waals surface area contributed by atoms with Crippen molar-refractivity contribution in [1.29, 1.82) is 0 Å². The maximum Gasteiger partial charge on any atom is 0.346 e. The van der Waals surface area contributed by atoms with Gasteiger partial charge in [0.1, 0.15) is 11.4 Å². The molecular weight excluding hydrogens is 178 g/mol. The molecule has 0 aromatic rings. The fourth-order valence-electron chi connectivity index (χ4n) is 2.25. The molecular formula is C10H19N3O. The van der Waals surface area contributed by atoms with Crippen molar-refractivity contribution in [2.45, 2.75) is 45.6 Å². The van der Waals surface area contributed by atoms with Crippen molar-refractivity contribution in [3.63, 3.8) is 0 Å². The third-order valence-corrected chi connectivity index (χ3v) is 3.01. The number of amidine groups is 1. The molecule has 1 aliphatic heterocycles. The highest BCUT2D eigenvalue weighted by molar-refractivity contribution is 6.05. The number of hydrogen-bond acceptors (Lipinski definition) is 2. The van der Waals surface area contributed by atoms with Crippen LogP contribution in [0.3, 0.4) is 0 Å². The van der Waals surface area contributed by atoms with E-state index in [0.29, 0.717) is 12.4 Å². The molecule has 0 aromatic heterocycles. The van der Waals surface area contributed by atoms with E-state index >= 15 is 0 Å². The van der Waals surface area contributed by atoms with Gasteiger partial charge in [-0.15, -0.1) is 0 Å². The van der Waals surface area contributed by atoms with Crippen molar-refractivity contribution in [2.75, 3.05) is 6.54 Å². The van der Waals surface area contributed by atoms with Crippen LogP contribution in [0.2, 0.25) is 0 Å². The number of amides is 2. The van der Waals surface area contributed by atoms with Crippen LogP contribution >= 0.6 is 0 Å². The third-order valence-electron chi connectivity index (χ3n) is 3.01. The van der Waals surface area contributed by atoms with Crippen LogP contribution in [0.5, 0.6) is 0 Å². The van der Waals surface area contributed by atoms with Gasteiger partial charge in [0.05, 0.1) is 0 Å². The number of hydrogen-bond donors (Lipinski definition) is 1. The van der Waals surface area contributed by atoms with Gasteiger partial charge in [0.15, 0.2) is 0 Å². The lowest BCUT2D eigenvalue weighted by Crippen LogP contribution is -2.53. The van der Waals surface area contributed by atoms with Crippen molar-refractivity contribution >= 4 is 11.9 Å². The van der Waals surface area contributed by atoms with Crippen molar-refractivity contribution in [2.24, 2.45) is 10.7 Å². The van der Waals surface area contributed by atoms with Crippen LogP contribution in [-0.2, 0) is 0 Å². The van der Waals surface area contributed by atoms with Gasteiger partial charge in [-0.25, -0.2) is 4.79 Å². The van der Waals surface area contributed by atoms with Gasteiger partial charge in [-0.05, 0) is 19.8 Å². The van der Waals surface area contributed by atoms with E-state index in [1.54, 1.807) is 4.90 Å². The zero-order valence-electron chi connectivity index (χ0n) is 9.21. The standard InChI is InChI=1S/C10H19N3O/c1-4-7-10(5-2)8(11)12-9(14)13(10)6-3/h4-7H2,1-3H3,(H2,11,12,14). The van der Waals surface area contributed by atoms with E-state index in [4.69, 9.17) is 5.73 Å². The van der Waals surface area contributed by atoms with Crippen molar-refractivity contribution in [3.8, 4) is 0 Å². The predicted octanol–water partition coefficient (Wildman–Crippen LogP) is 1.75. The minimum Gasteiger partial charge on any atom is -0.385 e. The smallest absolute Gasteiger partial charge is 0.346 e. The van der Waals surface area contributed by atoms with Crippen LogP contribution in [-0.4, -0.2) is 28.9 Å². The molecule has 1 unspecified atom stereocenters. The average Bonchev–Trinajstić information content (AvgIpc) is 2.39. The van der Waals surface area contributed by atoms with Crippen LogP contribution in [0.4, 0.5) is 4.79 Å². The number of urea groups is 1. The maximum absolute atomic E-state index is 11.5. The highest BCUT2D eigenvalue weighted by Gasteiger charge is 2.45. The molecule has 0 radical (unpaired) electrons. The fraction of sp³-hybridized carbons (Fsp3) is 0.800. The number of nitrogens with zero attached hydrogens (tertiary/aromatic N) is 2. The maximum atomic E-state index is 11.5. The molecule has 1 atom stereocenters. The first-order chi connectivity index (χ1) is 6.62. The first kappa shape index (κ1) is 11.0. The molecule has 0 bridgehead atoms. The Morgan fingerprint density at radius 2 is 2.07 bits per heavy atom. The predicted molar refractivity (Wildman–Crippen MR) is 57.3 cm³/mol. The minimum atomic E-state index is -0.305. The van der Waals surface area contributed by atoms with E-state index in [-0.39, 0.29) is 11.6 Å². The van der Waals surface area contributed by atoms with E-state index in [1.165, 1.54) is 0 Å². The van der Waals surface area contributed by atoms with Crippen molar-refractivity contribution in [1.82, 2.24) is 4.90 Å². The van der Waals surface area contributed by atoms with E-state index in [2.05, 4.69) is 18.8 Å². The largest absolute Gasteiger partial charge is 0.385 e. The van der Waals surface area contributed by atoms with Crippen LogP contribution in [0.1, 0.15) is 40.0 Å². The normalized spacial score (nSPS) is 26.9. The Morgan fingerprint density at radius 3 is 2.50 bits per heavy atom. The third kappa shape index (κ3) is 1.38. The Kier molecular flexibility index (Phi) is 3.13. The van der Waals surface area contributed by atoms with Crippen LogP contribution < -0.4 is 5.73 Å². The number of rotatable bonds is 4. The number of carbonyl (C=O) groups excluding carboxylic acids is 1. The van der Waals surface area contributed by atoms with E-state index in [9.17, 15) is 4.79 Å². The lowest BCUT2D eigenvalue weighted by Gasteiger charge is -2.36. The minimum absolute atomic E-state index is 0.180. The molecule has 14 heavy (non-hydrogen) atoms. The van der Waals surface area contributed by atoms with Gasteiger partial charge in [0, 0.05) is 6.54 Å².